The molecule has 1 aliphatic heterocycles. The Labute approximate surface area is 145 Å². The smallest absolute Gasteiger partial charge is 0.355 e. The van der Waals surface area contributed by atoms with E-state index in [4.69, 9.17) is 0 Å². The maximum Gasteiger partial charge on any atom is 0.417 e. The van der Waals surface area contributed by atoms with Gasteiger partial charge in [0.2, 0.25) is 5.91 Å². The van der Waals surface area contributed by atoms with Crippen LogP contribution >= 0.6 is 0 Å². The fourth-order valence-electron chi connectivity index (χ4n) is 3.37. The number of hydrogen-bond acceptors (Lipinski definition) is 3. The minimum absolute atomic E-state index is 0.00632. The van der Waals surface area contributed by atoms with Gasteiger partial charge in [0.15, 0.2) is 0 Å². The van der Waals surface area contributed by atoms with Crippen LogP contribution in [0.25, 0.3) is 0 Å². The highest BCUT2D eigenvalue weighted by molar-refractivity contribution is 5.93. The van der Waals surface area contributed by atoms with Crippen LogP contribution in [-0.2, 0) is 11.0 Å². The molecule has 2 heterocycles. The highest BCUT2D eigenvalue weighted by Gasteiger charge is 2.31. The van der Waals surface area contributed by atoms with Crippen LogP contribution in [0.4, 0.5) is 19.0 Å². The summed E-state index contributed by atoms with van der Waals surface area (Å²) < 4.78 is 37.9. The minimum Gasteiger partial charge on any atom is -0.355 e. The number of pyridine rings is 1. The van der Waals surface area contributed by atoms with Crippen LogP contribution in [0.15, 0.2) is 30.0 Å². The van der Waals surface area contributed by atoms with Gasteiger partial charge in [-0.1, -0.05) is 6.08 Å². The van der Waals surface area contributed by atoms with Crippen LogP contribution < -0.4 is 10.2 Å². The highest BCUT2D eigenvalue weighted by Crippen LogP contribution is 2.29. The zero-order chi connectivity index (χ0) is 17.9. The maximum absolute atomic E-state index is 12.6. The molecule has 4 nitrogen and oxygen atoms in total. The molecular formula is C18H22F3N3O. The largest absolute Gasteiger partial charge is 0.417 e. The molecule has 1 N–H and O–H groups in total. The summed E-state index contributed by atoms with van der Waals surface area (Å²) >= 11 is 0. The lowest BCUT2D eigenvalue weighted by molar-refractivity contribution is -0.137. The van der Waals surface area contributed by atoms with Gasteiger partial charge in [0.1, 0.15) is 5.82 Å². The molecule has 7 heteroatoms. The second-order valence-electron chi connectivity index (χ2n) is 6.64. The van der Waals surface area contributed by atoms with Crippen molar-refractivity contribution >= 4 is 11.7 Å². The maximum atomic E-state index is 12.6. The fraction of sp³-hybridized carbons (Fsp3) is 0.556. The van der Waals surface area contributed by atoms with Crippen LogP contribution in [0.2, 0.25) is 0 Å². The number of nitrogens with one attached hydrogen (secondary N) is 1. The van der Waals surface area contributed by atoms with Gasteiger partial charge in [-0.25, -0.2) is 4.98 Å². The van der Waals surface area contributed by atoms with Gasteiger partial charge in [0, 0.05) is 30.9 Å². The van der Waals surface area contributed by atoms with Gasteiger partial charge in [0.25, 0.3) is 0 Å². The third-order valence-corrected chi connectivity index (χ3v) is 4.74. The summed E-state index contributed by atoms with van der Waals surface area (Å²) in [5.74, 6) is 0.510. The summed E-state index contributed by atoms with van der Waals surface area (Å²) in [6.45, 7) is 1.30. The molecule has 0 bridgehead atoms. The van der Waals surface area contributed by atoms with Crippen molar-refractivity contribution < 1.29 is 18.0 Å². The lowest BCUT2D eigenvalue weighted by atomic mass is 9.98. The van der Waals surface area contributed by atoms with Gasteiger partial charge in [0.05, 0.1) is 5.56 Å². The molecule has 1 atom stereocenters. The summed E-state index contributed by atoms with van der Waals surface area (Å²) in [6.07, 6.45) is 4.19. The van der Waals surface area contributed by atoms with Crippen molar-refractivity contribution in [3.63, 3.8) is 0 Å². The monoisotopic (exact) mass is 353 g/mol. The number of amides is 1. The molecule has 1 aromatic rings. The van der Waals surface area contributed by atoms with Crippen molar-refractivity contribution in [1.29, 1.82) is 0 Å². The number of carbonyl (C=O) groups is 1. The third kappa shape index (κ3) is 4.52. The number of aromatic nitrogens is 1. The molecule has 1 aromatic heterocycles. The van der Waals surface area contributed by atoms with Gasteiger partial charge in [-0.3, -0.25) is 4.79 Å². The number of alkyl halides is 3. The summed E-state index contributed by atoms with van der Waals surface area (Å²) in [6, 6.07) is 2.45. The fourth-order valence-corrected chi connectivity index (χ4v) is 3.37. The number of nitrogens with zero attached hydrogens (tertiary/aromatic N) is 2. The van der Waals surface area contributed by atoms with E-state index in [1.165, 1.54) is 6.07 Å². The molecule has 2 aliphatic rings. The zero-order valence-corrected chi connectivity index (χ0v) is 14.0. The molecular weight excluding hydrogens is 331 g/mol. The van der Waals surface area contributed by atoms with E-state index in [9.17, 15) is 18.0 Å². The Morgan fingerprint density at radius 3 is 2.72 bits per heavy atom. The zero-order valence-electron chi connectivity index (χ0n) is 14.0. The number of anilines is 1. The molecule has 0 saturated carbocycles. The van der Waals surface area contributed by atoms with Crippen LogP contribution in [0, 0.1) is 0 Å². The normalized spacial score (nSPS) is 21.6. The Kier molecular flexibility index (Phi) is 5.30. The number of carbonyl (C=O) groups excluding carboxylic acids is 1. The van der Waals surface area contributed by atoms with Crippen molar-refractivity contribution in [3.8, 4) is 0 Å². The third-order valence-electron chi connectivity index (χ3n) is 4.74. The number of halogens is 3. The predicted molar refractivity (Wildman–Crippen MR) is 89.2 cm³/mol. The van der Waals surface area contributed by atoms with Gasteiger partial charge in [-0.15, -0.1) is 0 Å². The Morgan fingerprint density at radius 1 is 1.24 bits per heavy atom. The highest BCUT2D eigenvalue weighted by atomic mass is 19.4. The van der Waals surface area contributed by atoms with Gasteiger partial charge >= 0.3 is 6.18 Å². The van der Waals surface area contributed by atoms with E-state index in [1.54, 1.807) is 0 Å². The summed E-state index contributed by atoms with van der Waals surface area (Å²) in [4.78, 5) is 18.2. The van der Waals surface area contributed by atoms with Crippen LogP contribution in [0.5, 0.6) is 0 Å². The quantitative estimate of drug-likeness (QED) is 0.901. The van der Waals surface area contributed by atoms with Crippen molar-refractivity contribution in [3.05, 3.63) is 35.5 Å². The molecule has 1 saturated heterocycles. The lowest BCUT2D eigenvalue weighted by Gasteiger charge is -2.34. The summed E-state index contributed by atoms with van der Waals surface area (Å²) in [7, 11) is 0. The lowest BCUT2D eigenvalue weighted by Crippen LogP contribution is -2.48. The van der Waals surface area contributed by atoms with E-state index in [1.807, 2.05) is 11.0 Å². The second-order valence-corrected chi connectivity index (χ2v) is 6.64. The van der Waals surface area contributed by atoms with E-state index in [0.29, 0.717) is 12.4 Å². The SMILES string of the molecule is O=C(N[C@@H]1CCCN(c2ccc(C(F)(F)F)cn2)C1)C1=CCCCC1. The molecule has 0 radical (unpaired) electrons. The molecule has 25 heavy (non-hydrogen) atoms. The first-order valence-corrected chi connectivity index (χ1v) is 8.71. The first-order valence-electron chi connectivity index (χ1n) is 8.71. The van der Waals surface area contributed by atoms with Crippen molar-refractivity contribution in [2.24, 2.45) is 0 Å². The number of piperidine rings is 1. The molecule has 136 valence electrons. The molecule has 3 rings (SSSR count). The van der Waals surface area contributed by atoms with E-state index < -0.39 is 11.7 Å². The Balaban J connectivity index is 1.61. The van der Waals surface area contributed by atoms with Crippen molar-refractivity contribution in [1.82, 2.24) is 10.3 Å². The first kappa shape index (κ1) is 17.8. The second kappa shape index (κ2) is 7.45. The molecule has 0 aromatic carbocycles. The Hall–Kier alpha value is -2.05. The molecule has 0 spiro atoms. The van der Waals surface area contributed by atoms with Crippen molar-refractivity contribution in [2.75, 3.05) is 18.0 Å². The first-order chi connectivity index (χ1) is 11.9. The van der Waals surface area contributed by atoms with Gasteiger partial charge in [-0.2, -0.15) is 13.2 Å². The minimum atomic E-state index is -4.38. The number of allylic oxidation sites excluding steroid dienone is 1. The van der Waals surface area contributed by atoms with Crippen LogP contribution in [0.3, 0.4) is 0 Å². The summed E-state index contributed by atoms with van der Waals surface area (Å²) in [5.41, 5.74) is 0.110. The summed E-state index contributed by atoms with van der Waals surface area (Å²) in [5, 5.41) is 3.07. The Morgan fingerprint density at radius 2 is 2.08 bits per heavy atom. The van der Waals surface area contributed by atoms with Gasteiger partial charge < -0.3 is 10.2 Å². The van der Waals surface area contributed by atoms with Gasteiger partial charge in [-0.05, 0) is 50.7 Å². The topological polar surface area (TPSA) is 45.2 Å². The standard InChI is InChI=1S/C18H22F3N3O/c19-18(20,21)14-8-9-16(22-11-14)24-10-4-7-15(12-24)23-17(25)13-5-2-1-3-6-13/h5,8-9,11,15H,1-4,6-7,10,12H2,(H,23,25)/t15-/m1/s1. The predicted octanol–water partition coefficient (Wildman–Crippen LogP) is 3.69. The molecule has 0 unspecified atom stereocenters. The Bertz CT molecular complexity index is 640. The number of rotatable bonds is 3. The van der Waals surface area contributed by atoms with Crippen LogP contribution in [0.1, 0.15) is 44.1 Å². The van der Waals surface area contributed by atoms with E-state index in [2.05, 4.69) is 10.3 Å². The van der Waals surface area contributed by atoms with Crippen molar-refractivity contribution in [2.45, 2.75) is 50.7 Å². The van der Waals surface area contributed by atoms with Crippen LogP contribution in [-0.4, -0.2) is 30.0 Å². The molecule has 1 aliphatic carbocycles. The molecule has 1 amide bonds. The van der Waals surface area contributed by atoms with E-state index >= 15 is 0 Å². The average Bonchev–Trinajstić information content (AvgIpc) is 2.62. The molecule has 1 fully saturated rings. The van der Waals surface area contributed by atoms with E-state index in [-0.39, 0.29) is 11.9 Å². The average molecular weight is 353 g/mol. The number of hydrogen-bond donors (Lipinski definition) is 1. The van der Waals surface area contributed by atoms with E-state index in [0.717, 1.165) is 62.9 Å².